The Labute approximate surface area is 252 Å². The van der Waals surface area contributed by atoms with Gasteiger partial charge < -0.3 is 9.84 Å². The summed E-state index contributed by atoms with van der Waals surface area (Å²) in [6, 6.07) is 23.0. The molecule has 0 aliphatic heterocycles. The molecule has 0 saturated heterocycles. The van der Waals surface area contributed by atoms with Crippen molar-refractivity contribution >= 4 is 98.2 Å². The molecule has 1 amide bonds. The summed E-state index contributed by atoms with van der Waals surface area (Å²) in [4.78, 5) is 29.1. The predicted molar refractivity (Wildman–Crippen MR) is 162 cm³/mol. The Balaban J connectivity index is 2.10. The number of amides is 1. The third-order valence-corrected chi connectivity index (χ3v) is 11.7. The molecule has 0 bridgehead atoms. The van der Waals surface area contributed by atoms with E-state index in [2.05, 4.69) is 31.9 Å². The zero-order chi connectivity index (χ0) is 26.8. The van der Waals surface area contributed by atoms with Gasteiger partial charge in [0.05, 0.1) is 0 Å². The molecule has 0 fully saturated rings. The largest absolute Gasteiger partial charge is 0.480 e. The van der Waals surface area contributed by atoms with Crippen LogP contribution in [0.1, 0.15) is 12.0 Å². The maximum Gasteiger partial charge on any atom is 0.413 e. The highest BCUT2D eigenvalue weighted by molar-refractivity contribution is 9.10. The van der Waals surface area contributed by atoms with Crippen LogP contribution in [0.15, 0.2) is 97.6 Å². The Morgan fingerprint density at radius 2 is 1.49 bits per heavy atom. The van der Waals surface area contributed by atoms with E-state index >= 15 is 0 Å². The summed E-state index contributed by atoms with van der Waals surface area (Å²) in [7, 11) is 0.326. The number of hydrogen-bond donors (Lipinski definition) is 1. The van der Waals surface area contributed by atoms with E-state index in [0.29, 0.717) is 7.36 Å². The van der Waals surface area contributed by atoms with Crippen LogP contribution in [0.25, 0.3) is 0 Å². The molecule has 12 heteroatoms. The van der Waals surface area contributed by atoms with Crippen LogP contribution >= 0.6 is 74.3 Å². The molecule has 0 radical (unpaired) electrons. The lowest BCUT2D eigenvalue weighted by molar-refractivity contribution is -0.142. The fraction of sp³-hybridized carbons (Fsp3) is 0.200. The van der Waals surface area contributed by atoms with Crippen molar-refractivity contribution in [2.24, 2.45) is 0 Å². The van der Waals surface area contributed by atoms with E-state index in [1.807, 2.05) is 78.9 Å². The number of nitrogens with zero attached hydrogens (tertiary/aromatic N) is 1. The first kappa shape index (κ1) is 30.4. The maximum absolute atomic E-state index is 13.7. The van der Waals surface area contributed by atoms with E-state index in [-0.39, 0.29) is 18.9 Å². The number of ether oxygens (including phenoxy) is 1. The number of aliphatic carboxylic acids is 1. The number of carboxylic acid groups (broad SMARTS) is 1. The highest BCUT2D eigenvalue weighted by Gasteiger charge is 2.48. The fourth-order valence-corrected chi connectivity index (χ4v) is 8.62. The average Bonchev–Trinajstić information content (AvgIpc) is 2.90. The van der Waals surface area contributed by atoms with Crippen molar-refractivity contribution in [3.8, 4) is 0 Å². The van der Waals surface area contributed by atoms with Crippen molar-refractivity contribution in [2.75, 3.05) is 5.88 Å². The first-order chi connectivity index (χ1) is 17.8. The molecule has 5 nitrogen and oxygen atoms in total. The van der Waals surface area contributed by atoms with Crippen molar-refractivity contribution in [2.45, 2.75) is 32.8 Å². The Kier molecular flexibility index (Phi) is 12.2. The van der Waals surface area contributed by atoms with Crippen LogP contribution in [0.3, 0.4) is 0 Å². The lowest BCUT2D eigenvalue weighted by Gasteiger charge is -2.41. The molecule has 0 spiro atoms. The van der Waals surface area contributed by atoms with Gasteiger partial charge >= 0.3 is 12.1 Å². The van der Waals surface area contributed by atoms with Crippen LogP contribution in [-0.4, -0.2) is 37.9 Å². The minimum absolute atomic E-state index is 0.0142. The van der Waals surface area contributed by atoms with E-state index in [1.54, 1.807) is 0 Å². The third-order valence-electron chi connectivity index (χ3n) is 4.93. The van der Waals surface area contributed by atoms with Gasteiger partial charge in [-0.2, -0.15) is 0 Å². The quantitative estimate of drug-likeness (QED) is 0.0868. The molecule has 3 aromatic rings. The van der Waals surface area contributed by atoms with Crippen molar-refractivity contribution in [3.05, 3.63) is 93.4 Å². The number of carbonyl (C=O) groups excluding carboxylic acids is 1. The molecule has 0 aliphatic rings. The van der Waals surface area contributed by atoms with E-state index in [9.17, 15) is 14.7 Å². The molecule has 0 heterocycles. The van der Waals surface area contributed by atoms with Crippen LogP contribution < -0.4 is 0 Å². The van der Waals surface area contributed by atoms with Crippen LogP contribution in [0.5, 0.6) is 0 Å². The van der Waals surface area contributed by atoms with Gasteiger partial charge in [0.15, 0.2) is 0 Å². The molecule has 1 N–H and O–H groups in total. The van der Waals surface area contributed by atoms with Crippen LogP contribution in [0.4, 0.5) is 4.79 Å². The van der Waals surface area contributed by atoms with E-state index in [4.69, 9.17) is 28.1 Å². The average molecular weight is 722 g/mol. The molecule has 3 rings (SSSR count). The predicted octanol–water partition coefficient (Wildman–Crippen LogP) is 8.84. The number of carbonyl (C=O) groups is 2. The standard InChI is InChI=1S/C25H21Br2ClNO4PS3/c26-18-6-10-20(11-7-18)36-25(34-35,37-21-12-8-19(27)9-13-21)29(22(14-15-28)23(30)31)24(32)33-16-17-4-2-1-3-5-17/h1-13,22H,14-16H2,(H,30,31). The van der Waals surface area contributed by atoms with Gasteiger partial charge in [-0.1, -0.05) is 97.5 Å². The van der Waals surface area contributed by atoms with Crippen molar-refractivity contribution in [1.82, 2.24) is 4.90 Å². The normalized spacial score (nSPS) is 12.2. The first-order valence-electron chi connectivity index (χ1n) is 10.8. The van der Waals surface area contributed by atoms with E-state index in [1.165, 1.54) is 28.4 Å². The van der Waals surface area contributed by atoms with E-state index in [0.717, 1.165) is 24.3 Å². The zero-order valence-corrected chi connectivity index (χ0v) is 26.4. The number of rotatable bonds is 12. The molecule has 194 valence electrons. The summed E-state index contributed by atoms with van der Waals surface area (Å²) in [5.41, 5.74) is 0.780. The summed E-state index contributed by atoms with van der Waals surface area (Å²) >= 11 is 21.1. The molecule has 1 atom stereocenters. The molecule has 37 heavy (non-hydrogen) atoms. The van der Waals surface area contributed by atoms with Crippen molar-refractivity contribution in [3.63, 3.8) is 0 Å². The van der Waals surface area contributed by atoms with Crippen LogP contribution in [-0.2, 0) is 27.9 Å². The molecular formula is C25H21Br2ClNO4PS3. The minimum atomic E-state index is -1.26. The summed E-state index contributed by atoms with van der Waals surface area (Å²) in [6.07, 6.45) is -0.765. The highest BCUT2D eigenvalue weighted by atomic mass is 79.9. The van der Waals surface area contributed by atoms with Gasteiger partial charge in [0.2, 0.25) is 3.94 Å². The summed E-state index contributed by atoms with van der Waals surface area (Å²) < 4.78 is 6.20. The van der Waals surface area contributed by atoms with Crippen molar-refractivity contribution < 1.29 is 19.4 Å². The lowest BCUT2D eigenvalue weighted by Crippen LogP contribution is -2.53. The number of carboxylic acids is 1. The molecule has 0 aliphatic carbocycles. The monoisotopic (exact) mass is 719 g/mol. The SMILES string of the molecule is O=C(O)C(CCCl)N(C(=O)OCc1ccccc1)C(P=S)(Sc1ccc(Br)cc1)Sc1ccc(Br)cc1. The molecule has 3 aromatic carbocycles. The van der Waals surface area contributed by atoms with E-state index < -0.39 is 22.0 Å². The number of halogens is 3. The van der Waals surface area contributed by atoms with Crippen LogP contribution in [0, 0.1) is 0 Å². The first-order valence-corrected chi connectivity index (χ1v) is 16.5. The summed E-state index contributed by atoms with van der Waals surface area (Å²) in [5, 5.41) is 10.2. The van der Waals surface area contributed by atoms with Gasteiger partial charge in [-0.3, -0.25) is 4.90 Å². The van der Waals surface area contributed by atoms with Crippen molar-refractivity contribution in [1.29, 1.82) is 0 Å². The number of hydrogen-bond acceptors (Lipinski definition) is 6. The van der Waals surface area contributed by atoms with Gasteiger partial charge in [-0.25, -0.2) is 9.59 Å². The molecular weight excluding hydrogens is 701 g/mol. The fourth-order valence-electron chi connectivity index (χ4n) is 3.21. The Morgan fingerprint density at radius 1 is 0.973 bits per heavy atom. The number of thioether (sulfide) groups is 2. The zero-order valence-electron chi connectivity index (χ0n) is 19.1. The number of alkyl halides is 1. The topological polar surface area (TPSA) is 66.8 Å². The second-order valence-corrected chi connectivity index (χ2v) is 14.5. The van der Waals surface area contributed by atoms with Gasteiger partial charge in [-0.15, -0.1) is 11.6 Å². The Bertz CT molecular complexity index is 1160. The Hall–Kier alpha value is -1.13. The summed E-state index contributed by atoms with van der Waals surface area (Å²) in [5.74, 6) is -1.15. The second-order valence-electron chi connectivity index (χ2n) is 7.49. The maximum atomic E-state index is 13.7. The van der Waals surface area contributed by atoms with Crippen LogP contribution in [0.2, 0.25) is 0 Å². The lowest BCUT2D eigenvalue weighted by atomic mass is 10.2. The van der Waals surface area contributed by atoms with Gasteiger partial charge in [0, 0.05) is 32.0 Å². The third kappa shape index (κ3) is 8.68. The molecule has 0 aromatic heterocycles. The smallest absolute Gasteiger partial charge is 0.413 e. The minimum Gasteiger partial charge on any atom is -0.480 e. The van der Waals surface area contributed by atoms with Gasteiger partial charge in [0.1, 0.15) is 12.6 Å². The summed E-state index contributed by atoms with van der Waals surface area (Å²) in [6.45, 7) is -0.0142. The molecule has 1 unspecified atom stereocenters. The van der Waals surface area contributed by atoms with Gasteiger partial charge in [-0.05, 0) is 60.5 Å². The highest BCUT2D eigenvalue weighted by Crippen LogP contribution is 2.56. The second kappa shape index (κ2) is 14.9. The molecule has 0 saturated carbocycles. The Morgan fingerprint density at radius 3 is 1.92 bits per heavy atom. The van der Waals surface area contributed by atoms with Gasteiger partial charge in [0.25, 0.3) is 0 Å². The number of benzene rings is 3.